The first kappa shape index (κ1) is 31.0. The standard InChI is InChI=1S/C24H43NO8/c1-8-13-30-16-24(18-32-15-12-22(2,3)4,25-19(26)9-10-20(27)28)17-31-14-11-21(29)33-23(5,6)7/h8H,1,9-18H2,2-7H3,(H,25,26)(H,27,28). The third-order valence-corrected chi connectivity index (χ3v) is 4.21. The van der Waals surface area contributed by atoms with Gasteiger partial charge < -0.3 is 29.4 Å². The van der Waals surface area contributed by atoms with Crippen molar-refractivity contribution in [2.75, 3.05) is 39.6 Å². The molecule has 0 heterocycles. The minimum atomic E-state index is -1.06. The molecule has 0 saturated heterocycles. The normalized spacial score (nSPS) is 13.8. The van der Waals surface area contributed by atoms with E-state index in [1.54, 1.807) is 26.8 Å². The number of amides is 1. The van der Waals surface area contributed by atoms with Crippen LogP contribution in [-0.2, 0) is 33.3 Å². The van der Waals surface area contributed by atoms with Crippen molar-refractivity contribution in [3.8, 4) is 0 Å². The molecule has 0 aromatic rings. The average Bonchev–Trinajstić information content (AvgIpc) is 2.65. The second kappa shape index (κ2) is 15.0. The molecular weight excluding hydrogens is 430 g/mol. The number of carboxylic acid groups (broad SMARTS) is 1. The Morgan fingerprint density at radius 3 is 1.97 bits per heavy atom. The van der Waals surface area contributed by atoms with Gasteiger partial charge in [-0.1, -0.05) is 26.8 Å². The molecule has 0 aliphatic heterocycles. The molecule has 0 spiro atoms. The molecule has 1 amide bonds. The highest BCUT2D eigenvalue weighted by molar-refractivity contribution is 5.81. The van der Waals surface area contributed by atoms with Crippen molar-refractivity contribution >= 4 is 17.8 Å². The van der Waals surface area contributed by atoms with Crippen LogP contribution in [0, 0.1) is 5.41 Å². The first-order valence-electron chi connectivity index (χ1n) is 11.3. The highest BCUT2D eigenvalue weighted by Gasteiger charge is 2.34. The van der Waals surface area contributed by atoms with E-state index < -0.39 is 23.0 Å². The van der Waals surface area contributed by atoms with Gasteiger partial charge in [-0.05, 0) is 32.6 Å². The predicted octanol–water partition coefficient (Wildman–Crippen LogP) is 3.11. The highest BCUT2D eigenvalue weighted by atomic mass is 16.6. The van der Waals surface area contributed by atoms with Crippen LogP contribution in [0.2, 0.25) is 0 Å². The van der Waals surface area contributed by atoms with E-state index in [-0.39, 0.29) is 63.7 Å². The van der Waals surface area contributed by atoms with Crippen LogP contribution in [0.5, 0.6) is 0 Å². The molecule has 0 fully saturated rings. The van der Waals surface area contributed by atoms with Crippen molar-refractivity contribution in [2.24, 2.45) is 5.41 Å². The molecule has 0 saturated carbocycles. The molecule has 1 atom stereocenters. The monoisotopic (exact) mass is 473 g/mol. The predicted molar refractivity (Wildman–Crippen MR) is 125 cm³/mol. The van der Waals surface area contributed by atoms with Crippen molar-refractivity contribution in [1.82, 2.24) is 5.32 Å². The Hall–Kier alpha value is -1.97. The Morgan fingerprint density at radius 1 is 0.879 bits per heavy atom. The SMILES string of the molecule is C=CCOCC(COCCC(=O)OC(C)(C)C)(COCCC(C)(C)C)NC(=O)CCC(=O)O. The highest BCUT2D eigenvalue weighted by Crippen LogP contribution is 2.19. The van der Waals surface area contributed by atoms with Crippen LogP contribution in [0.4, 0.5) is 0 Å². The summed E-state index contributed by atoms with van der Waals surface area (Å²) in [7, 11) is 0. The fraction of sp³-hybridized carbons (Fsp3) is 0.792. The zero-order valence-electron chi connectivity index (χ0n) is 21.2. The zero-order valence-corrected chi connectivity index (χ0v) is 21.2. The topological polar surface area (TPSA) is 120 Å². The molecular formula is C24H43NO8. The maximum absolute atomic E-state index is 12.4. The van der Waals surface area contributed by atoms with Crippen LogP contribution in [-0.4, -0.2) is 73.7 Å². The molecule has 2 N–H and O–H groups in total. The summed E-state index contributed by atoms with van der Waals surface area (Å²) in [5.41, 5.74) is -1.56. The van der Waals surface area contributed by atoms with E-state index >= 15 is 0 Å². The molecule has 9 heteroatoms. The number of hydrogen-bond donors (Lipinski definition) is 2. The second-order valence-corrected chi connectivity index (χ2v) is 10.3. The van der Waals surface area contributed by atoms with Crippen molar-refractivity contribution < 1.29 is 38.4 Å². The van der Waals surface area contributed by atoms with Gasteiger partial charge in [0.25, 0.3) is 0 Å². The first-order chi connectivity index (χ1) is 15.2. The van der Waals surface area contributed by atoms with Crippen molar-refractivity contribution in [3.05, 3.63) is 12.7 Å². The van der Waals surface area contributed by atoms with Crippen LogP contribution in [0.1, 0.15) is 67.2 Å². The summed E-state index contributed by atoms with van der Waals surface area (Å²) in [4.78, 5) is 35.2. The Kier molecular flexibility index (Phi) is 14.1. The van der Waals surface area contributed by atoms with Gasteiger partial charge in [0.15, 0.2) is 0 Å². The van der Waals surface area contributed by atoms with Crippen LogP contribution in [0.25, 0.3) is 0 Å². The number of ether oxygens (including phenoxy) is 4. The lowest BCUT2D eigenvalue weighted by atomic mass is 9.93. The summed E-state index contributed by atoms with van der Waals surface area (Å²) in [6.45, 7) is 16.3. The maximum Gasteiger partial charge on any atom is 0.308 e. The lowest BCUT2D eigenvalue weighted by Crippen LogP contribution is -2.58. The molecule has 192 valence electrons. The molecule has 0 aromatic heterocycles. The molecule has 33 heavy (non-hydrogen) atoms. The minimum absolute atomic E-state index is 0.0151. The van der Waals surface area contributed by atoms with E-state index in [0.29, 0.717) is 6.61 Å². The smallest absolute Gasteiger partial charge is 0.308 e. The van der Waals surface area contributed by atoms with Gasteiger partial charge in [-0.25, -0.2) is 0 Å². The van der Waals surface area contributed by atoms with Crippen molar-refractivity contribution in [1.29, 1.82) is 0 Å². The molecule has 0 bridgehead atoms. The van der Waals surface area contributed by atoms with Crippen LogP contribution in [0.3, 0.4) is 0 Å². The third kappa shape index (κ3) is 18.2. The molecule has 1 unspecified atom stereocenters. The van der Waals surface area contributed by atoms with E-state index in [1.807, 2.05) is 0 Å². The van der Waals surface area contributed by atoms with Crippen LogP contribution >= 0.6 is 0 Å². The minimum Gasteiger partial charge on any atom is -0.481 e. The van der Waals surface area contributed by atoms with Gasteiger partial charge in [0.2, 0.25) is 5.91 Å². The summed E-state index contributed by atoms with van der Waals surface area (Å²) in [6.07, 6.45) is 1.97. The third-order valence-electron chi connectivity index (χ3n) is 4.21. The number of carbonyl (C=O) groups excluding carboxylic acids is 2. The Balaban J connectivity index is 5.20. The van der Waals surface area contributed by atoms with Crippen molar-refractivity contribution in [2.45, 2.75) is 78.4 Å². The first-order valence-corrected chi connectivity index (χ1v) is 11.3. The average molecular weight is 474 g/mol. The summed E-state index contributed by atoms with van der Waals surface area (Å²) >= 11 is 0. The maximum atomic E-state index is 12.4. The lowest BCUT2D eigenvalue weighted by Gasteiger charge is -2.34. The molecule has 0 radical (unpaired) electrons. The van der Waals surface area contributed by atoms with Crippen LogP contribution < -0.4 is 5.32 Å². The van der Waals surface area contributed by atoms with Gasteiger partial charge in [0, 0.05) is 13.0 Å². The van der Waals surface area contributed by atoms with Gasteiger partial charge in [-0.3, -0.25) is 14.4 Å². The Labute approximate surface area is 198 Å². The second-order valence-electron chi connectivity index (χ2n) is 10.3. The molecule has 0 rings (SSSR count). The van der Waals surface area contributed by atoms with E-state index in [4.69, 9.17) is 24.1 Å². The Bertz CT molecular complexity index is 621. The van der Waals surface area contributed by atoms with Crippen molar-refractivity contribution in [3.63, 3.8) is 0 Å². The number of nitrogens with one attached hydrogen (secondary N) is 1. The van der Waals surface area contributed by atoms with E-state index in [9.17, 15) is 14.4 Å². The fourth-order valence-corrected chi connectivity index (χ4v) is 2.61. The quantitative estimate of drug-likeness (QED) is 0.188. The molecule has 9 nitrogen and oxygen atoms in total. The van der Waals surface area contributed by atoms with E-state index in [2.05, 4.69) is 32.7 Å². The number of rotatable bonds is 17. The van der Waals surface area contributed by atoms with Gasteiger partial charge in [0.05, 0.1) is 45.9 Å². The number of aliphatic carboxylic acids is 1. The summed E-state index contributed by atoms with van der Waals surface area (Å²) in [6, 6.07) is 0. The molecule has 0 aliphatic carbocycles. The lowest BCUT2D eigenvalue weighted by molar-refractivity contribution is -0.156. The van der Waals surface area contributed by atoms with Gasteiger partial charge >= 0.3 is 11.9 Å². The van der Waals surface area contributed by atoms with E-state index in [0.717, 1.165) is 6.42 Å². The number of esters is 1. The summed E-state index contributed by atoms with van der Waals surface area (Å²) in [5, 5.41) is 11.7. The largest absolute Gasteiger partial charge is 0.481 e. The molecule has 0 aromatic carbocycles. The van der Waals surface area contributed by atoms with Crippen LogP contribution in [0.15, 0.2) is 12.7 Å². The van der Waals surface area contributed by atoms with Gasteiger partial charge in [-0.15, -0.1) is 6.58 Å². The zero-order chi connectivity index (χ0) is 25.5. The van der Waals surface area contributed by atoms with Gasteiger partial charge in [-0.2, -0.15) is 0 Å². The number of carbonyl (C=O) groups is 3. The molecule has 0 aliphatic rings. The van der Waals surface area contributed by atoms with Gasteiger partial charge in [0.1, 0.15) is 11.1 Å². The number of hydrogen-bond acceptors (Lipinski definition) is 7. The summed E-state index contributed by atoms with van der Waals surface area (Å²) in [5.74, 6) is -1.90. The fourth-order valence-electron chi connectivity index (χ4n) is 2.61. The summed E-state index contributed by atoms with van der Waals surface area (Å²) < 4.78 is 22.5. The number of carboxylic acids is 1. The Morgan fingerprint density at radius 2 is 1.45 bits per heavy atom. The van der Waals surface area contributed by atoms with E-state index in [1.165, 1.54) is 0 Å².